The first kappa shape index (κ1) is 26.1. The van der Waals surface area contributed by atoms with E-state index in [9.17, 15) is 24.3 Å². The molecule has 10 heteroatoms. The van der Waals surface area contributed by atoms with E-state index in [4.69, 9.17) is 5.73 Å². The summed E-state index contributed by atoms with van der Waals surface area (Å²) >= 11 is 0. The average molecular weight is 514 g/mol. The number of pyridine rings is 2. The number of carboxylic acid groups (broad SMARTS) is 1. The molecule has 2 aromatic heterocycles. The van der Waals surface area contributed by atoms with Crippen LogP contribution in [0.15, 0.2) is 65.6 Å². The summed E-state index contributed by atoms with van der Waals surface area (Å²) in [6.07, 6.45) is 1.55. The molecule has 0 atom stereocenters. The summed E-state index contributed by atoms with van der Waals surface area (Å²) in [4.78, 5) is 56.7. The number of aromatic nitrogens is 2. The molecule has 0 aliphatic heterocycles. The van der Waals surface area contributed by atoms with Gasteiger partial charge in [-0.3, -0.25) is 14.4 Å². The number of nitrogens with zero attached hydrogens (tertiary/aromatic N) is 1. The third-order valence-electron chi connectivity index (χ3n) is 5.78. The van der Waals surface area contributed by atoms with Crippen LogP contribution in [0.1, 0.15) is 52.0 Å². The van der Waals surface area contributed by atoms with Crippen molar-refractivity contribution in [2.45, 2.75) is 20.8 Å². The maximum absolute atomic E-state index is 13.3. The van der Waals surface area contributed by atoms with E-state index in [-0.39, 0.29) is 33.4 Å². The molecule has 0 spiro atoms. The number of carboxylic acids is 1. The van der Waals surface area contributed by atoms with Gasteiger partial charge in [0.05, 0.1) is 5.56 Å². The maximum atomic E-state index is 13.3. The maximum Gasteiger partial charge on any atom is 0.336 e. The highest BCUT2D eigenvalue weighted by Gasteiger charge is 2.22. The summed E-state index contributed by atoms with van der Waals surface area (Å²) in [7, 11) is 0. The Kier molecular flexibility index (Phi) is 6.98. The lowest BCUT2D eigenvalue weighted by Gasteiger charge is -2.19. The molecule has 0 aliphatic rings. The van der Waals surface area contributed by atoms with Crippen molar-refractivity contribution >= 4 is 40.1 Å². The first-order valence-electron chi connectivity index (χ1n) is 11.8. The molecule has 4 aromatic rings. The van der Waals surface area contributed by atoms with Crippen molar-refractivity contribution in [2.75, 3.05) is 17.6 Å². The van der Waals surface area contributed by atoms with Gasteiger partial charge < -0.3 is 26.5 Å². The number of rotatable bonds is 6. The van der Waals surface area contributed by atoms with Gasteiger partial charge in [0.15, 0.2) is 0 Å². The Balaban J connectivity index is 1.71. The molecule has 0 aliphatic carbocycles. The van der Waals surface area contributed by atoms with E-state index in [2.05, 4.69) is 20.6 Å². The first-order chi connectivity index (χ1) is 17.9. The fraction of sp³-hybridized carbons (Fsp3) is 0.179. The van der Waals surface area contributed by atoms with Gasteiger partial charge in [-0.25, -0.2) is 9.78 Å². The molecule has 0 fully saturated rings. The van der Waals surface area contributed by atoms with Crippen molar-refractivity contribution in [3.8, 4) is 11.1 Å². The van der Waals surface area contributed by atoms with E-state index in [1.54, 1.807) is 30.5 Å². The number of nitrogens with two attached hydrogens (primary N) is 1. The standard InChI is InChI=1S/C28H27N5O5/c1-28(2,3)14-31-25(35)16-4-6-19(21(13-16)27(37)38)20-8-9-22(34)33-23(20)26(36)32-17-5-7-18-15(12-17)10-11-30-24(18)29/h4-13H,14H2,1-3H3,(H2,29,30)(H,31,35)(H,32,36)(H,33,34)(H,37,38). The SMILES string of the molecule is CC(C)(C)CNC(=O)c1ccc(-c2ccc(=O)[nH]c2C(=O)Nc2ccc3c(N)nccc3c2)c(C(=O)O)c1. The molecule has 0 unspecified atom stereocenters. The Bertz CT molecular complexity index is 1640. The van der Waals surface area contributed by atoms with E-state index in [1.807, 2.05) is 20.8 Å². The zero-order valence-corrected chi connectivity index (χ0v) is 21.1. The Morgan fingerprint density at radius 2 is 1.71 bits per heavy atom. The smallest absolute Gasteiger partial charge is 0.336 e. The fourth-order valence-corrected chi connectivity index (χ4v) is 3.90. The topological polar surface area (TPSA) is 167 Å². The summed E-state index contributed by atoms with van der Waals surface area (Å²) in [5, 5.41) is 16.9. The van der Waals surface area contributed by atoms with Gasteiger partial charge in [-0.2, -0.15) is 0 Å². The van der Waals surface area contributed by atoms with Crippen molar-refractivity contribution in [1.82, 2.24) is 15.3 Å². The highest BCUT2D eigenvalue weighted by molar-refractivity contribution is 6.10. The number of aromatic carboxylic acids is 1. The van der Waals surface area contributed by atoms with Crippen LogP contribution in [0.2, 0.25) is 0 Å². The molecule has 2 aromatic carbocycles. The number of fused-ring (bicyclic) bond motifs is 1. The number of anilines is 2. The third-order valence-corrected chi connectivity index (χ3v) is 5.78. The second kappa shape index (κ2) is 10.2. The van der Waals surface area contributed by atoms with Gasteiger partial charge in [-0.1, -0.05) is 26.8 Å². The van der Waals surface area contributed by atoms with Gasteiger partial charge in [0.25, 0.3) is 11.8 Å². The van der Waals surface area contributed by atoms with E-state index < -0.39 is 23.3 Å². The monoisotopic (exact) mass is 513 g/mol. The lowest BCUT2D eigenvalue weighted by atomic mass is 9.95. The molecule has 0 bridgehead atoms. The minimum Gasteiger partial charge on any atom is -0.478 e. The third kappa shape index (κ3) is 5.70. The number of hydrogen-bond donors (Lipinski definition) is 5. The zero-order chi connectivity index (χ0) is 27.6. The van der Waals surface area contributed by atoms with Crippen LogP contribution in [0.5, 0.6) is 0 Å². The van der Waals surface area contributed by atoms with Gasteiger partial charge >= 0.3 is 5.97 Å². The number of hydrogen-bond acceptors (Lipinski definition) is 6. The molecule has 4 rings (SSSR count). The number of aromatic amines is 1. The number of nitrogen functional groups attached to an aromatic ring is 1. The number of carbonyl (C=O) groups is 3. The van der Waals surface area contributed by atoms with Crippen LogP contribution in [0.25, 0.3) is 21.9 Å². The van der Waals surface area contributed by atoms with Crippen molar-refractivity contribution in [3.05, 3.63) is 88.0 Å². The predicted octanol–water partition coefficient (Wildman–Crippen LogP) is 3.90. The molecular formula is C28H27N5O5. The average Bonchev–Trinajstić information content (AvgIpc) is 2.86. The summed E-state index contributed by atoms with van der Waals surface area (Å²) < 4.78 is 0. The Hall–Kier alpha value is -4.99. The lowest BCUT2D eigenvalue weighted by Crippen LogP contribution is -2.32. The molecular weight excluding hydrogens is 486 g/mol. The van der Waals surface area contributed by atoms with Gasteiger partial charge in [0, 0.05) is 41.0 Å². The lowest BCUT2D eigenvalue weighted by molar-refractivity contribution is 0.0697. The predicted molar refractivity (Wildman–Crippen MR) is 145 cm³/mol. The Morgan fingerprint density at radius 1 is 0.974 bits per heavy atom. The Labute approximate surface area is 217 Å². The minimum absolute atomic E-state index is 0.126. The molecule has 10 nitrogen and oxygen atoms in total. The largest absolute Gasteiger partial charge is 0.478 e. The zero-order valence-electron chi connectivity index (χ0n) is 21.1. The second-order valence-corrected chi connectivity index (χ2v) is 10.0. The van der Waals surface area contributed by atoms with E-state index >= 15 is 0 Å². The van der Waals surface area contributed by atoms with Crippen LogP contribution >= 0.6 is 0 Å². The van der Waals surface area contributed by atoms with Gasteiger partial charge in [-0.15, -0.1) is 0 Å². The fourth-order valence-electron chi connectivity index (χ4n) is 3.90. The molecule has 0 saturated carbocycles. The molecule has 38 heavy (non-hydrogen) atoms. The second-order valence-electron chi connectivity index (χ2n) is 10.0. The summed E-state index contributed by atoms with van der Waals surface area (Å²) in [5.41, 5.74) is 5.85. The van der Waals surface area contributed by atoms with Crippen LogP contribution in [-0.2, 0) is 0 Å². The number of amides is 2. The normalized spacial score (nSPS) is 11.2. The van der Waals surface area contributed by atoms with Crippen molar-refractivity contribution in [3.63, 3.8) is 0 Å². The van der Waals surface area contributed by atoms with Crippen molar-refractivity contribution in [2.24, 2.45) is 5.41 Å². The van der Waals surface area contributed by atoms with Crippen LogP contribution in [-0.4, -0.2) is 39.4 Å². The van der Waals surface area contributed by atoms with Gasteiger partial charge in [0.1, 0.15) is 11.5 Å². The molecule has 194 valence electrons. The number of benzene rings is 2. The molecule has 0 radical (unpaired) electrons. The van der Waals surface area contributed by atoms with E-state index in [0.717, 1.165) is 10.8 Å². The number of carbonyl (C=O) groups excluding carboxylic acids is 2. The minimum atomic E-state index is -1.29. The van der Waals surface area contributed by atoms with Crippen molar-refractivity contribution < 1.29 is 19.5 Å². The van der Waals surface area contributed by atoms with E-state index in [0.29, 0.717) is 18.1 Å². The van der Waals surface area contributed by atoms with Crippen LogP contribution in [0.4, 0.5) is 11.5 Å². The quantitative estimate of drug-likeness (QED) is 0.261. The van der Waals surface area contributed by atoms with Gasteiger partial charge in [0.2, 0.25) is 5.56 Å². The highest BCUT2D eigenvalue weighted by atomic mass is 16.4. The molecule has 0 saturated heterocycles. The van der Waals surface area contributed by atoms with E-state index in [1.165, 1.54) is 30.3 Å². The summed E-state index contributed by atoms with van der Waals surface area (Å²) in [6, 6.07) is 13.6. The van der Waals surface area contributed by atoms with Crippen LogP contribution in [0, 0.1) is 5.41 Å². The molecule has 2 amide bonds. The van der Waals surface area contributed by atoms with Crippen molar-refractivity contribution in [1.29, 1.82) is 0 Å². The number of H-pyrrole nitrogens is 1. The summed E-state index contributed by atoms with van der Waals surface area (Å²) in [6.45, 7) is 6.29. The number of nitrogens with one attached hydrogen (secondary N) is 3. The van der Waals surface area contributed by atoms with Crippen LogP contribution < -0.4 is 21.9 Å². The Morgan fingerprint density at radius 3 is 2.42 bits per heavy atom. The summed E-state index contributed by atoms with van der Waals surface area (Å²) in [5.74, 6) is -2.00. The van der Waals surface area contributed by atoms with Gasteiger partial charge in [-0.05, 0) is 58.8 Å². The van der Waals surface area contributed by atoms with Crippen LogP contribution in [0.3, 0.4) is 0 Å². The molecule has 6 N–H and O–H groups in total. The first-order valence-corrected chi connectivity index (χ1v) is 11.8. The highest BCUT2D eigenvalue weighted by Crippen LogP contribution is 2.28. The molecule has 2 heterocycles.